The van der Waals surface area contributed by atoms with Crippen LogP contribution in [-0.2, 0) is 6.42 Å². The van der Waals surface area contributed by atoms with Crippen molar-refractivity contribution in [2.24, 2.45) is 0 Å². The van der Waals surface area contributed by atoms with E-state index in [2.05, 4.69) is 53.8 Å². The monoisotopic (exact) mass is 245 g/mol. The molecule has 1 aliphatic heterocycles. The van der Waals surface area contributed by atoms with Gasteiger partial charge in [0.05, 0.1) is 0 Å². The van der Waals surface area contributed by atoms with Crippen molar-refractivity contribution in [2.75, 3.05) is 11.9 Å². The van der Waals surface area contributed by atoms with Crippen LogP contribution < -0.4 is 5.32 Å². The highest BCUT2D eigenvalue weighted by Crippen LogP contribution is 2.27. The Kier molecular flexibility index (Phi) is 3.70. The van der Waals surface area contributed by atoms with Crippen LogP contribution in [0.15, 0.2) is 48.5 Å². The van der Waals surface area contributed by atoms with Crippen molar-refractivity contribution in [3.05, 3.63) is 54.1 Å². The first kappa shape index (κ1) is 12.0. The molecular formula is C15H16ClN. The number of halogens is 1. The Balaban J connectivity index is 0.00000108. The first-order chi connectivity index (χ1) is 7.93. The van der Waals surface area contributed by atoms with Crippen molar-refractivity contribution < 1.29 is 0 Å². The largest absolute Gasteiger partial charge is 0.385 e. The lowest BCUT2D eigenvalue weighted by Gasteiger charge is -2.18. The van der Waals surface area contributed by atoms with Gasteiger partial charge in [-0.2, -0.15) is 0 Å². The van der Waals surface area contributed by atoms with E-state index < -0.39 is 0 Å². The van der Waals surface area contributed by atoms with Crippen LogP contribution in [-0.4, -0.2) is 6.54 Å². The lowest BCUT2D eigenvalue weighted by atomic mass is 9.97. The summed E-state index contributed by atoms with van der Waals surface area (Å²) in [6.45, 7) is 1.11. The van der Waals surface area contributed by atoms with Crippen molar-refractivity contribution in [1.29, 1.82) is 0 Å². The van der Waals surface area contributed by atoms with E-state index in [4.69, 9.17) is 0 Å². The van der Waals surface area contributed by atoms with E-state index in [0.717, 1.165) is 6.54 Å². The highest BCUT2D eigenvalue weighted by atomic mass is 35.5. The summed E-state index contributed by atoms with van der Waals surface area (Å²) in [7, 11) is 0. The third-order valence-corrected chi connectivity index (χ3v) is 3.15. The molecule has 2 heteroatoms. The van der Waals surface area contributed by atoms with Gasteiger partial charge in [0, 0.05) is 12.2 Å². The van der Waals surface area contributed by atoms with Crippen LogP contribution in [0.5, 0.6) is 0 Å². The molecule has 2 aromatic carbocycles. The van der Waals surface area contributed by atoms with Gasteiger partial charge in [0.25, 0.3) is 0 Å². The molecule has 0 saturated heterocycles. The Labute approximate surface area is 108 Å². The van der Waals surface area contributed by atoms with E-state index in [1.807, 2.05) is 0 Å². The Morgan fingerprint density at radius 1 is 0.882 bits per heavy atom. The Morgan fingerprint density at radius 3 is 2.53 bits per heavy atom. The zero-order chi connectivity index (χ0) is 10.8. The summed E-state index contributed by atoms with van der Waals surface area (Å²) in [5.74, 6) is 0. The van der Waals surface area contributed by atoms with Crippen LogP contribution in [0, 0.1) is 0 Å². The average Bonchev–Trinajstić information content (AvgIpc) is 2.39. The topological polar surface area (TPSA) is 12.0 Å². The summed E-state index contributed by atoms with van der Waals surface area (Å²) in [4.78, 5) is 0. The standard InChI is InChI=1S/C15H15N.ClH/c1-2-5-12(6-3-1)13-8-9-15-14(11-13)7-4-10-16-15;/h1-3,5-6,8-9,11,16H,4,7,10H2;1H. The molecule has 0 unspecified atom stereocenters. The fraction of sp³-hybridized carbons (Fsp3) is 0.200. The third-order valence-electron chi connectivity index (χ3n) is 3.15. The van der Waals surface area contributed by atoms with Gasteiger partial charge >= 0.3 is 0 Å². The summed E-state index contributed by atoms with van der Waals surface area (Å²) < 4.78 is 0. The highest BCUT2D eigenvalue weighted by molar-refractivity contribution is 5.85. The van der Waals surface area contributed by atoms with Crippen molar-refractivity contribution in [3.8, 4) is 11.1 Å². The maximum atomic E-state index is 3.44. The molecule has 1 nitrogen and oxygen atoms in total. The van der Waals surface area contributed by atoms with E-state index >= 15 is 0 Å². The number of hydrogen-bond acceptors (Lipinski definition) is 1. The Hall–Kier alpha value is -1.47. The van der Waals surface area contributed by atoms with Gasteiger partial charge in [0.1, 0.15) is 0 Å². The molecule has 1 aliphatic rings. The lowest BCUT2D eigenvalue weighted by molar-refractivity contribution is 0.830. The predicted octanol–water partition coefficient (Wildman–Crippen LogP) is 4.13. The molecule has 0 atom stereocenters. The molecule has 1 heterocycles. The zero-order valence-corrected chi connectivity index (χ0v) is 10.5. The molecule has 0 bridgehead atoms. The number of nitrogens with one attached hydrogen (secondary N) is 1. The van der Waals surface area contributed by atoms with Gasteiger partial charge < -0.3 is 5.32 Å². The highest BCUT2D eigenvalue weighted by Gasteiger charge is 2.08. The predicted molar refractivity (Wildman–Crippen MR) is 75.9 cm³/mol. The molecule has 2 aromatic rings. The molecule has 88 valence electrons. The van der Waals surface area contributed by atoms with Gasteiger partial charge in [-0.05, 0) is 41.7 Å². The van der Waals surface area contributed by atoms with Gasteiger partial charge in [-0.15, -0.1) is 12.4 Å². The minimum atomic E-state index is 0. The number of aryl methyl sites for hydroxylation is 1. The maximum absolute atomic E-state index is 3.44. The van der Waals surface area contributed by atoms with Crippen molar-refractivity contribution >= 4 is 18.1 Å². The maximum Gasteiger partial charge on any atom is 0.0373 e. The normalized spacial score (nSPS) is 13.2. The zero-order valence-electron chi connectivity index (χ0n) is 9.65. The molecule has 0 aliphatic carbocycles. The Bertz CT molecular complexity index is 494. The second-order valence-electron chi connectivity index (χ2n) is 4.27. The minimum absolute atomic E-state index is 0. The summed E-state index contributed by atoms with van der Waals surface area (Å²) in [6.07, 6.45) is 2.44. The number of fused-ring (bicyclic) bond motifs is 1. The summed E-state index contributed by atoms with van der Waals surface area (Å²) in [5, 5.41) is 3.44. The lowest BCUT2D eigenvalue weighted by Crippen LogP contribution is -2.11. The van der Waals surface area contributed by atoms with Gasteiger partial charge in [-0.25, -0.2) is 0 Å². The number of anilines is 1. The third kappa shape index (κ3) is 2.45. The molecule has 0 spiro atoms. The van der Waals surface area contributed by atoms with E-state index in [1.165, 1.54) is 35.2 Å². The van der Waals surface area contributed by atoms with Crippen molar-refractivity contribution in [1.82, 2.24) is 0 Å². The summed E-state index contributed by atoms with van der Waals surface area (Å²) in [5.41, 5.74) is 5.39. The number of rotatable bonds is 1. The quantitative estimate of drug-likeness (QED) is 0.797. The van der Waals surface area contributed by atoms with Crippen LogP contribution in [0.3, 0.4) is 0 Å². The molecular weight excluding hydrogens is 230 g/mol. The van der Waals surface area contributed by atoms with Crippen LogP contribution in [0.4, 0.5) is 5.69 Å². The van der Waals surface area contributed by atoms with E-state index in [9.17, 15) is 0 Å². The fourth-order valence-corrected chi connectivity index (χ4v) is 2.29. The van der Waals surface area contributed by atoms with Crippen LogP contribution in [0.2, 0.25) is 0 Å². The van der Waals surface area contributed by atoms with Crippen LogP contribution in [0.1, 0.15) is 12.0 Å². The first-order valence-corrected chi connectivity index (χ1v) is 5.86. The minimum Gasteiger partial charge on any atom is -0.385 e. The number of benzene rings is 2. The van der Waals surface area contributed by atoms with Crippen molar-refractivity contribution in [2.45, 2.75) is 12.8 Å². The van der Waals surface area contributed by atoms with Crippen molar-refractivity contribution in [3.63, 3.8) is 0 Å². The van der Waals surface area contributed by atoms with E-state index in [0.29, 0.717) is 0 Å². The molecule has 1 N–H and O–H groups in total. The summed E-state index contributed by atoms with van der Waals surface area (Å²) >= 11 is 0. The summed E-state index contributed by atoms with van der Waals surface area (Å²) in [6, 6.07) is 17.3. The van der Waals surface area contributed by atoms with Crippen LogP contribution >= 0.6 is 12.4 Å². The van der Waals surface area contributed by atoms with E-state index in [-0.39, 0.29) is 12.4 Å². The van der Waals surface area contributed by atoms with Gasteiger partial charge in [-0.3, -0.25) is 0 Å². The molecule has 0 fully saturated rings. The van der Waals surface area contributed by atoms with E-state index in [1.54, 1.807) is 0 Å². The van der Waals surface area contributed by atoms with Gasteiger partial charge in [0.2, 0.25) is 0 Å². The SMILES string of the molecule is Cl.c1ccc(-c2ccc3c(c2)CCCN3)cc1. The fourth-order valence-electron chi connectivity index (χ4n) is 2.29. The van der Waals surface area contributed by atoms with Crippen LogP contribution in [0.25, 0.3) is 11.1 Å². The number of hydrogen-bond donors (Lipinski definition) is 1. The van der Waals surface area contributed by atoms with Gasteiger partial charge in [0.15, 0.2) is 0 Å². The molecule has 0 saturated carbocycles. The average molecular weight is 246 g/mol. The molecule has 0 radical (unpaired) electrons. The molecule has 17 heavy (non-hydrogen) atoms. The first-order valence-electron chi connectivity index (χ1n) is 5.86. The Morgan fingerprint density at radius 2 is 1.71 bits per heavy atom. The second-order valence-corrected chi connectivity index (χ2v) is 4.27. The smallest absolute Gasteiger partial charge is 0.0373 e. The second kappa shape index (κ2) is 5.24. The van der Waals surface area contributed by atoms with Gasteiger partial charge in [-0.1, -0.05) is 36.4 Å². The molecule has 0 amide bonds. The molecule has 3 rings (SSSR count). The molecule has 0 aromatic heterocycles.